The molecule has 0 aliphatic rings. The normalized spacial score (nSPS) is 4.17. The molecule has 0 aromatic rings. The maximum atomic E-state index is 6.23. The molecule has 0 heterocycles. The summed E-state index contributed by atoms with van der Waals surface area (Å²) in [5.74, 6) is 8.24. The predicted molar refractivity (Wildman–Crippen MR) is 23.7 cm³/mol. The number of hydrogen-bond donors (Lipinski definition) is 0. The van der Waals surface area contributed by atoms with Crippen molar-refractivity contribution in [2.75, 3.05) is 0 Å². The van der Waals surface area contributed by atoms with Crippen LogP contribution in [-0.4, -0.2) is 0 Å². The fraction of sp³-hybridized carbons (Fsp3) is 0. The summed E-state index contributed by atoms with van der Waals surface area (Å²) in [5.41, 5.74) is 0. The van der Waals surface area contributed by atoms with E-state index in [1.165, 1.54) is 0 Å². The topological polar surface area (TPSA) is 0 Å². The molecule has 0 saturated carbocycles. The van der Waals surface area contributed by atoms with E-state index in [-0.39, 0.29) is 0 Å². The van der Waals surface area contributed by atoms with Gasteiger partial charge in [0, 0.05) is 0 Å². The lowest BCUT2D eigenvalue weighted by Crippen LogP contribution is -1.42. The first-order chi connectivity index (χ1) is 3.41. The highest BCUT2D eigenvalue weighted by atomic mass is 13.4. The van der Waals surface area contributed by atoms with Crippen molar-refractivity contribution in [3.63, 3.8) is 0 Å². The maximum absolute atomic E-state index is 6.23. The SMILES string of the molecule is [2H]C#CC#CC#[C-]. The molecule has 0 nitrogen and oxygen atoms in total. The van der Waals surface area contributed by atoms with Crippen LogP contribution in [0.3, 0.4) is 0 Å². The Morgan fingerprint density at radius 1 is 1.67 bits per heavy atom. The summed E-state index contributed by atoms with van der Waals surface area (Å²) < 4.78 is 6.23. The first-order valence-electron chi connectivity index (χ1n) is 1.75. The number of terminal acetylenes is 1. The molecule has 0 heteroatoms. The molecule has 0 atom stereocenters. The third kappa shape index (κ3) is 2.68. The van der Waals surface area contributed by atoms with Crippen molar-refractivity contribution in [2.24, 2.45) is 0 Å². The molecule has 0 N–H and O–H groups in total. The molecule has 0 rings (SSSR count). The molecular weight excluding hydrogens is 72.1 g/mol. The van der Waals surface area contributed by atoms with Gasteiger partial charge in [0.25, 0.3) is 0 Å². The van der Waals surface area contributed by atoms with E-state index in [0.717, 1.165) is 0 Å². The van der Waals surface area contributed by atoms with Gasteiger partial charge in [-0.1, -0.05) is 0 Å². The van der Waals surface area contributed by atoms with Crippen LogP contribution in [0.2, 0.25) is 0 Å². The molecule has 6 heavy (non-hydrogen) atoms. The molecule has 0 aliphatic heterocycles. The highest BCUT2D eigenvalue weighted by molar-refractivity contribution is 5.30. The second kappa shape index (κ2) is 3.68. The minimum atomic E-state index is 1.81. The Labute approximate surface area is 39.0 Å². The summed E-state index contributed by atoms with van der Waals surface area (Å²) in [6, 6.07) is 0. The van der Waals surface area contributed by atoms with Crippen molar-refractivity contribution in [1.82, 2.24) is 0 Å². The van der Waals surface area contributed by atoms with Crippen LogP contribution in [0.4, 0.5) is 0 Å². The minimum Gasteiger partial charge on any atom is -0.358 e. The van der Waals surface area contributed by atoms with E-state index in [1.807, 2.05) is 0 Å². The average Bonchev–Trinajstić information content (AvgIpc) is 1.69. The van der Waals surface area contributed by atoms with Crippen LogP contribution in [0.1, 0.15) is 1.37 Å². The summed E-state index contributed by atoms with van der Waals surface area (Å²) >= 11 is 0. The zero-order chi connectivity index (χ0) is 5.54. The van der Waals surface area contributed by atoms with E-state index in [4.69, 9.17) is 7.79 Å². The van der Waals surface area contributed by atoms with Crippen LogP contribution in [0.5, 0.6) is 0 Å². The van der Waals surface area contributed by atoms with Gasteiger partial charge >= 0.3 is 0 Å². The molecule has 0 radical (unpaired) electrons. The van der Waals surface area contributed by atoms with Gasteiger partial charge in [-0.3, -0.25) is 5.92 Å². The molecule has 26 valence electrons. The van der Waals surface area contributed by atoms with E-state index < -0.39 is 0 Å². The third-order valence-corrected chi connectivity index (χ3v) is 0.188. The molecule has 0 spiro atoms. The Morgan fingerprint density at radius 2 is 2.50 bits per heavy atom. The van der Waals surface area contributed by atoms with Gasteiger partial charge in [0.1, 0.15) is 1.37 Å². The van der Waals surface area contributed by atoms with Gasteiger partial charge in [0.2, 0.25) is 0 Å². The summed E-state index contributed by atoms with van der Waals surface area (Å²) in [6.07, 6.45) is 8.03. The maximum Gasteiger partial charge on any atom is 0.125 e. The zero-order valence-corrected chi connectivity index (χ0v) is 3.00. The first-order valence-corrected chi connectivity index (χ1v) is 1.25. The van der Waals surface area contributed by atoms with Gasteiger partial charge in [-0.25, -0.2) is 5.92 Å². The molecule has 0 unspecified atom stereocenters. The molecule has 0 aliphatic carbocycles. The van der Waals surface area contributed by atoms with Crippen LogP contribution >= 0.6 is 0 Å². The highest BCUT2D eigenvalue weighted by Gasteiger charge is 1.27. The molecule has 0 aromatic heterocycles. The van der Waals surface area contributed by atoms with Crippen molar-refractivity contribution < 1.29 is 1.37 Å². The second-order valence-corrected chi connectivity index (χ2v) is 0.500. The second-order valence-electron chi connectivity index (χ2n) is 0.500. The van der Waals surface area contributed by atoms with Gasteiger partial charge in [0.05, 0.1) is 0 Å². The van der Waals surface area contributed by atoms with Gasteiger partial charge < -0.3 is 6.42 Å². The van der Waals surface area contributed by atoms with Crippen molar-refractivity contribution >= 4 is 0 Å². The van der Waals surface area contributed by atoms with Crippen molar-refractivity contribution in [2.45, 2.75) is 0 Å². The summed E-state index contributed by atoms with van der Waals surface area (Å²) in [5, 5.41) is 0. The molecular formula is C6H-. The van der Waals surface area contributed by atoms with Gasteiger partial charge in [-0.05, 0) is 5.92 Å². The Bertz CT molecular complexity index is 186. The summed E-state index contributed by atoms with van der Waals surface area (Å²) in [7, 11) is 0. The van der Waals surface area contributed by atoms with Crippen molar-refractivity contribution in [3.8, 4) is 30.1 Å². The Morgan fingerprint density at radius 3 is 3.00 bits per heavy atom. The number of rotatable bonds is 0. The molecule has 0 saturated heterocycles. The summed E-state index contributed by atoms with van der Waals surface area (Å²) in [6.45, 7) is 0. The van der Waals surface area contributed by atoms with E-state index in [0.29, 0.717) is 0 Å². The molecule has 0 fully saturated rings. The Balaban J connectivity index is 3.68. The average molecular weight is 74.1 g/mol. The minimum absolute atomic E-state index is 1.81. The van der Waals surface area contributed by atoms with Crippen LogP contribution in [0.25, 0.3) is 0 Å². The Hall–Kier alpha value is -1.32. The van der Waals surface area contributed by atoms with Crippen molar-refractivity contribution in [1.29, 1.82) is 0 Å². The van der Waals surface area contributed by atoms with Crippen LogP contribution in [-0.2, 0) is 0 Å². The smallest absolute Gasteiger partial charge is 0.125 e. The lowest BCUT2D eigenvalue weighted by Gasteiger charge is -1.61. The number of hydrogen-bond acceptors (Lipinski definition) is 0. The monoisotopic (exact) mass is 74.0 g/mol. The Kier molecular flexibility index (Phi) is 1.77. The van der Waals surface area contributed by atoms with E-state index in [2.05, 4.69) is 17.8 Å². The largest absolute Gasteiger partial charge is 0.358 e. The van der Waals surface area contributed by atoms with E-state index in [9.17, 15) is 0 Å². The van der Waals surface area contributed by atoms with Crippen LogP contribution < -0.4 is 0 Å². The predicted octanol–water partition coefficient (Wildman–Crippen LogP) is 0.213. The quantitative estimate of drug-likeness (QED) is 0.284. The van der Waals surface area contributed by atoms with Gasteiger partial charge in [-0.15, -0.1) is 12.3 Å². The van der Waals surface area contributed by atoms with Crippen LogP contribution in [0.15, 0.2) is 0 Å². The lowest BCUT2D eigenvalue weighted by molar-refractivity contribution is 2.43. The lowest BCUT2D eigenvalue weighted by atomic mass is 10.6. The third-order valence-electron chi connectivity index (χ3n) is 0.188. The van der Waals surface area contributed by atoms with Gasteiger partial charge in [0.15, 0.2) is 0 Å². The van der Waals surface area contributed by atoms with Crippen LogP contribution in [0, 0.1) is 36.5 Å². The van der Waals surface area contributed by atoms with E-state index in [1.54, 1.807) is 12.3 Å². The molecule has 0 bridgehead atoms. The zero-order valence-electron chi connectivity index (χ0n) is 4.00. The van der Waals surface area contributed by atoms with E-state index >= 15 is 0 Å². The standard InChI is InChI=1S/C6H/c1-3-5-6-4-2/h1H/q-1/i1D. The molecule has 0 amide bonds. The fourth-order valence-electron chi connectivity index (χ4n) is 0.0625. The fourth-order valence-corrected chi connectivity index (χ4v) is 0.0625. The first kappa shape index (κ1) is 2.89. The molecule has 0 aromatic carbocycles. The van der Waals surface area contributed by atoms with Crippen molar-refractivity contribution in [3.05, 3.63) is 6.42 Å². The van der Waals surface area contributed by atoms with Gasteiger partial charge in [-0.2, -0.15) is 0 Å². The summed E-state index contributed by atoms with van der Waals surface area (Å²) in [4.78, 5) is 0. The highest BCUT2D eigenvalue weighted by Crippen LogP contribution is 1.43.